The predicted molar refractivity (Wildman–Crippen MR) is 77.2 cm³/mol. The zero-order valence-electron chi connectivity index (χ0n) is 10.0. The third kappa shape index (κ3) is 2.98. The number of nitrogen functional groups attached to an aromatic ring is 1. The van der Waals surface area contributed by atoms with Crippen molar-refractivity contribution in [2.75, 3.05) is 18.9 Å². The van der Waals surface area contributed by atoms with Gasteiger partial charge < -0.3 is 16.2 Å². The third-order valence-corrected chi connectivity index (χ3v) is 3.33. The van der Waals surface area contributed by atoms with Gasteiger partial charge in [-0.15, -0.1) is 0 Å². The van der Waals surface area contributed by atoms with E-state index in [1.54, 1.807) is 6.20 Å². The quantitative estimate of drug-likeness (QED) is 0.832. The van der Waals surface area contributed by atoms with Gasteiger partial charge in [-0.25, -0.2) is 4.98 Å². The Labute approximate surface area is 114 Å². The smallest absolute Gasteiger partial charge is 0.131 e. The van der Waals surface area contributed by atoms with Gasteiger partial charge in [0.05, 0.1) is 6.61 Å². The molecule has 0 fully saturated rings. The van der Waals surface area contributed by atoms with Crippen LogP contribution < -0.4 is 11.5 Å². The molecule has 4 N–H and O–H groups in total. The van der Waals surface area contributed by atoms with E-state index in [1.165, 1.54) is 0 Å². The average Bonchev–Trinajstić information content (AvgIpc) is 2.39. The molecule has 0 radical (unpaired) electrons. The van der Waals surface area contributed by atoms with Gasteiger partial charge >= 0.3 is 0 Å². The monoisotopic (exact) mass is 309 g/mol. The van der Waals surface area contributed by atoms with Crippen LogP contribution >= 0.6 is 15.9 Å². The van der Waals surface area contributed by atoms with E-state index in [0.717, 1.165) is 27.2 Å². The Morgan fingerprint density at radius 2 is 2.11 bits per heavy atom. The Hall–Kier alpha value is -1.17. The molecule has 0 amide bonds. The van der Waals surface area contributed by atoms with Crippen molar-refractivity contribution in [2.45, 2.75) is 13.0 Å². The molecule has 0 spiro atoms. The van der Waals surface area contributed by atoms with Crippen LogP contribution in [0.25, 0.3) is 10.8 Å². The van der Waals surface area contributed by atoms with Crippen molar-refractivity contribution in [1.82, 2.24) is 4.98 Å². The average molecular weight is 310 g/mol. The van der Waals surface area contributed by atoms with Crippen LogP contribution in [0.2, 0.25) is 0 Å². The first-order valence-electron chi connectivity index (χ1n) is 5.83. The summed E-state index contributed by atoms with van der Waals surface area (Å²) < 4.78 is 6.48. The maximum Gasteiger partial charge on any atom is 0.131 e. The van der Waals surface area contributed by atoms with Gasteiger partial charge in [0.25, 0.3) is 0 Å². The zero-order chi connectivity index (χ0) is 13.0. The largest absolute Gasteiger partial charge is 0.383 e. The highest BCUT2D eigenvalue weighted by molar-refractivity contribution is 9.10. The van der Waals surface area contributed by atoms with Gasteiger partial charge in [0.15, 0.2) is 0 Å². The minimum atomic E-state index is 0.545. The molecule has 0 aliphatic rings. The minimum absolute atomic E-state index is 0.545. The van der Waals surface area contributed by atoms with Gasteiger partial charge in [0.1, 0.15) is 5.82 Å². The lowest BCUT2D eigenvalue weighted by atomic mass is 10.1. The lowest BCUT2D eigenvalue weighted by Crippen LogP contribution is -2.04. The van der Waals surface area contributed by atoms with Crippen molar-refractivity contribution in [1.29, 1.82) is 0 Å². The zero-order valence-corrected chi connectivity index (χ0v) is 11.6. The number of rotatable bonds is 5. The molecular formula is C13H16BrN3O. The van der Waals surface area contributed by atoms with Crippen LogP contribution in [0, 0.1) is 0 Å². The van der Waals surface area contributed by atoms with Crippen LogP contribution in [0.1, 0.15) is 12.0 Å². The van der Waals surface area contributed by atoms with Crippen molar-refractivity contribution in [2.24, 2.45) is 5.73 Å². The standard InChI is InChI=1S/C13H16BrN3O/c14-12-7-17-13(16)10-3-2-9(6-11(10)12)8-18-5-1-4-15/h2-3,6-7H,1,4-5,8,15H2,(H2,16,17). The fourth-order valence-corrected chi connectivity index (χ4v) is 2.17. The Morgan fingerprint density at radius 3 is 2.89 bits per heavy atom. The second kappa shape index (κ2) is 6.13. The van der Waals surface area contributed by atoms with E-state index >= 15 is 0 Å². The SMILES string of the molecule is NCCCOCc1ccc2c(N)ncc(Br)c2c1. The van der Waals surface area contributed by atoms with E-state index in [-0.39, 0.29) is 0 Å². The summed E-state index contributed by atoms with van der Waals surface area (Å²) >= 11 is 3.48. The molecule has 2 aromatic rings. The lowest BCUT2D eigenvalue weighted by Gasteiger charge is -2.07. The van der Waals surface area contributed by atoms with Gasteiger partial charge in [-0.1, -0.05) is 12.1 Å². The number of halogens is 1. The summed E-state index contributed by atoms with van der Waals surface area (Å²) in [5.74, 6) is 0.545. The first kappa shape index (κ1) is 13.3. The van der Waals surface area contributed by atoms with E-state index in [4.69, 9.17) is 16.2 Å². The molecule has 0 bridgehead atoms. The van der Waals surface area contributed by atoms with E-state index < -0.39 is 0 Å². The summed E-state index contributed by atoms with van der Waals surface area (Å²) in [7, 11) is 0. The van der Waals surface area contributed by atoms with E-state index in [1.807, 2.05) is 12.1 Å². The Morgan fingerprint density at radius 1 is 1.28 bits per heavy atom. The highest BCUT2D eigenvalue weighted by Gasteiger charge is 2.04. The van der Waals surface area contributed by atoms with Crippen LogP contribution in [0.5, 0.6) is 0 Å². The highest BCUT2D eigenvalue weighted by Crippen LogP contribution is 2.27. The number of benzene rings is 1. The molecule has 0 saturated heterocycles. The molecule has 1 aromatic heterocycles. The molecule has 4 nitrogen and oxygen atoms in total. The number of pyridine rings is 1. The number of hydrogen-bond donors (Lipinski definition) is 2. The van der Waals surface area contributed by atoms with Crippen molar-refractivity contribution < 1.29 is 4.74 Å². The predicted octanol–water partition coefficient (Wildman–Crippen LogP) is 2.44. The molecule has 5 heteroatoms. The van der Waals surface area contributed by atoms with Crippen LogP contribution in [-0.2, 0) is 11.3 Å². The number of nitrogens with zero attached hydrogens (tertiary/aromatic N) is 1. The van der Waals surface area contributed by atoms with Crippen LogP contribution in [0.3, 0.4) is 0 Å². The number of anilines is 1. The second-order valence-electron chi connectivity index (χ2n) is 4.07. The normalized spacial score (nSPS) is 11.0. The van der Waals surface area contributed by atoms with E-state index in [9.17, 15) is 0 Å². The topological polar surface area (TPSA) is 74.2 Å². The number of aromatic nitrogens is 1. The molecule has 0 unspecified atom stereocenters. The number of fused-ring (bicyclic) bond motifs is 1. The Balaban J connectivity index is 2.19. The molecule has 0 aliphatic carbocycles. The Bertz CT molecular complexity index is 545. The third-order valence-electron chi connectivity index (χ3n) is 2.70. The summed E-state index contributed by atoms with van der Waals surface area (Å²) in [5, 5.41) is 2.01. The number of ether oxygens (including phenoxy) is 1. The van der Waals surface area contributed by atoms with Crippen LogP contribution in [-0.4, -0.2) is 18.1 Å². The number of nitrogens with two attached hydrogens (primary N) is 2. The Kier molecular flexibility index (Phi) is 4.52. The maximum absolute atomic E-state index is 5.84. The van der Waals surface area contributed by atoms with Gasteiger partial charge in [0, 0.05) is 28.0 Å². The molecule has 2 rings (SSSR count). The van der Waals surface area contributed by atoms with Crippen molar-refractivity contribution in [3.63, 3.8) is 0 Å². The van der Waals surface area contributed by atoms with Crippen LogP contribution in [0.4, 0.5) is 5.82 Å². The molecule has 0 saturated carbocycles. The van der Waals surface area contributed by atoms with Crippen molar-refractivity contribution in [3.05, 3.63) is 34.4 Å². The summed E-state index contributed by atoms with van der Waals surface area (Å²) in [4.78, 5) is 4.11. The van der Waals surface area contributed by atoms with Crippen LogP contribution in [0.15, 0.2) is 28.9 Å². The van der Waals surface area contributed by atoms with E-state index in [0.29, 0.717) is 25.6 Å². The summed E-state index contributed by atoms with van der Waals surface area (Å²) in [6.45, 7) is 1.93. The molecular weight excluding hydrogens is 294 g/mol. The van der Waals surface area contributed by atoms with Gasteiger partial charge in [0.2, 0.25) is 0 Å². The van der Waals surface area contributed by atoms with E-state index in [2.05, 4.69) is 27.0 Å². The number of hydrogen-bond acceptors (Lipinski definition) is 4. The first-order valence-corrected chi connectivity index (χ1v) is 6.62. The van der Waals surface area contributed by atoms with Crippen molar-refractivity contribution >= 4 is 32.5 Å². The van der Waals surface area contributed by atoms with Gasteiger partial charge in [-0.05, 0) is 40.5 Å². The van der Waals surface area contributed by atoms with Gasteiger partial charge in [-0.3, -0.25) is 0 Å². The molecule has 18 heavy (non-hydrogen) atoms. The molecule has 0 atom stereocenters. The fraction of sp³-hybridized carbons (Fsp3) is 0.308. The maximum atomic E-state index is 5.84. The molecule has 1 aromatic carbocycles. The minimum Gasteiger partial charge on any atom is -0.383 e. The summed E-state index contributed by atoms with van der Waals surface area (Å²) in [5.41, 5.74) is 12.4. The summed E-state index contributed by atoms with van der Waals surface area (Å²) in [6, 6.07) is 6.05. The fourth-order valence-electron chi connectivity index (χ4n) is 1.74. The summed E-state index contributed by atoms with van der Waals surface area (Å²) in [6.07, 6.45) is 2.60. The van der Waals surface area contributed by atoms with Crippen molar-refractivity contribution in [3.8, 4) is 0 Å². The second-order valence-corrected chi connectivity index (χ2v) is 4.92. The van der Waals surface area contributed by atoms with Gasteiger partial charge in [-0.2, -0.15) is 0 Å². The molecule has 96 valence electrons. The molecule has 0 aliphatic heterocycles. The molecule has 1 heterocycles. The lowest BCUT2D eigenvalue weighted by molar-refractivity contribution is 0.120. The first-order chi connectivity index (χ1) is 8.72. The highest BCUT2D eigenvalue weighted by atomic mass is 79.9.